The van der Waals surface area contributed by atoms with Crippen LogP contribution in [0, 0.1) is 0 Å². The SMILES string of the molecule is CC(C)c1ccccc1N(CC(=O)N(Cc1ccc(Cl)cc1)[C@@H](Cc1ccccc1)C(=O)NC1CCCCC1)S(C)(=O)=O. The van der Waals surface area contributed by atoms with E-state index >= 15 is 0 Å². The predicted molar refractivity (Wildman–Crippen MR) is 174 cm³/mol. The van der Waals surface area contributed by atoms with Gasteiger partial charge in [0, 0.05) is 24.0 Å². The first-order valence-corrected chi connectivity index (χ1v) is 17.2. The average Bonchev–Trinajstić information content (AvgIpc) is 2.99. The number of nitrogens with one attached hydrogen (secondary N) is 1. The maximum Gasteiger partial charge on any atom is 0.244 e. The Morgan fingerprint density at radius 1 is 0.884 bits per heavy atom. The van der Waals surface area contributed by atoms with Crippen molar-refractivity contribution in [1.29, 1.82) is 0 Å². The van der Waals surface area contributed by atoms with Crippen molar-refractivity contribution in [1.82, 2.24) is 10.2 Å². The van der Waals surface area contributed by atoms with E-state index in [0.29, 0.717) is 17.1 Å². The third-order valence-corrected chi connectivity index (χ3v) is 9.37. The summed E-state index contributed by atoms with van der Waals surface area (Å²) < 4.78 is 27.5. The second kappa shape index (κ2) is 14.9. The topological polar surface area (TPSA) is 86.8 Å². The first-order valence-electron chi connectivity index (χ1n) is 15.0. The van der Waals surface area contributed by atoms with E-state index in [4.69, 9.17) is 11.6 Å². The fourth-order valence-electron chi connectivity index (χ4n) is 5.68. The minimum Gasteiger partial charge on any atom is -0.352 e. The number of benzene rings is 3. The Balaban J connectivity index is 1.74. The fourth-order valence-corrected chi connectivity index (χ4v) is 6.68. The summed E-state index contributed by atoms with van der Waals surface area (Å²) in [5.41, 5.74) is 2.98. The van der Waals surface area contributed by atoms with Gasteiger partial charge in [0.05, 0.1) is 11.9 Å². The molecule has 0 unspecified atom stereocenters. The highest BCUT2D eigenvalue weighted by Crippen LogP contribution is 2.29. The van der Waals surface area contributed by atoms with Gasteiger partial charge in [-0.05, 0) is 53.6 Å². The molecule has 0 radical (unpaired) electrons. The van der Waals surface area contributed by atoms with Crippen LogP contribution >= 0.6 is 11.6 Å². The zero-order valence-corrected chi connectivity index (χ0v) is 26.8. The minimum absolute atomic E-state index is 0.0350. The quantitative estimate of drug-likeness (QED) is 0.256. The van der Waals surface area contributed by atoms with Crippen LogP contribution in [-0.2, 0) is 32.6 Å². The third kappa shape index (κ3) is 9.07. The summed E-state index contributed by atoms with van der Waals surface area (Å²) in [4.78, 5) is 29.9. The zero-order chi connectivity index (χ0) is 31.0. The lowest BCUT2D eigenvalue weighted by Gasteiger charge is -2.35. The van der Waals surface area contributed by atoms with Crippen LogP contribution in [0.4, 0.5) is 5.69 Å². The van der Waals surface area contributed by atoms with E-state index in [1.165, 1.54) is 4.90 Å². The summed E-state index contributed by atoms with van der Waals surface area (Å²) in [6, 6.07) is 23.2. The van der Waals surface area contributed by atoms with Gasteiger partial charge in [-0.3, -0.25) is 13.9 Å². The molecule has 1 aliphatic carbocycles. The normalized spacial score (nSPS) is 14.7. The molecular weight excluding hydrogens is 582 g/mol. The highest BCUT2D eigenvalue weighted by Gasteiger charge is 2.34. The lowest BCUT2D eigenvalue weighted by Crippen LogP contribution is -2.55. The summed E-state index contributed by atoms with van der Waals surface area (Å²) in [6.45, 7) is 3.66. The van der Waals surface area contributed by atoms with Gasteiger partial charge in [-0.1, -0.05) is 105 Å². The molecule has 4 rings (SSSR count). The summed E-state index contributed by atoms with van der Waals surface area (Å²) >= 11 is 6.15. The molecule has 7 nitrogen and oxygen atoms in total. The number of carbonyl (C=O) groups excluding carboxylic acids is 2. The molecule has 43 heavy (non-hydrogen) atoms. The molecule has 9 heteroatoms. The van der Waals surface area contributed by atoms with E-state index in [0.717, 1.165) is 59.4 Å². The van der Waals surface area contributed by atoms with E-state index in [1.807, 2.05) is 68.4 Å². The van der Waals surface area contributed by atoms with Gasteiger partial charge in [0.15, 0.2) is 0 Å². The number of hydrogen-bond donors (Lipinski definition) is 1. The van der Waals surface area contributed by atoms with Gasteiger partial charge in [-0.15, -0.1) is 0 Å². The number of hydrogen-bond acceptors (Lipinski definition) is 4. The van der Waals surface area contributed by atoms with Crippen molar-refractivity contribution in [2.75, 3.05) is 17.1 Å². The largest absolute Gasteiger partial charge is 0.352 e. The van der Waals surface area contributed by atoms with E-state index in [9.17, 15) is 18.0 Å². The molecule has 3 aromatic carbocycles. The van der Waals surface area contributed by atoms with Crippen LogP contribution in [-0.4, -0.2) is 50.0 Å². The van der Waals surface area contributed by atoms with Gasteiger partial charge in [0.2, 0.25) is 21.8 Å². The minimum atomic E-state index is -3.84. The molecule has 230 valence electrons. The zero-order valence-electron chi connectivity index (χ0n) is 25.2. The number of sulfonamides is 1. The Morgan fingerprint density at radius 2 is 1.51 bits per heavy atom. The number of anilines is 1. The Morgan fingerprint density at radius 3 is 2.14 bits per heavy atom. The highest BCUT2D eigenvalue weighted by atomic mass is 35.5. The average molecular weight is 624 g/mol. The lowest BCUT2D eigenvalue weighted by molar-refractivity contribution is -0.140. The molecule has 2 amide bonds. The number of carbonyl (C=O) groups is 2. The molecule has 1 aliphatic rings. The van der Waals surface area contributed by atoms with Crippen LogP contribution in [0.3, 0.4) is 0 Å². The van der Waals surface area contributed by atoms with Crippen LogP contribution < -0.4 is 9.62 Å². The Bertz CT molecular complexity index is 1470. The van der Waals surface area contributed by atoms with E-state index in [1.54, 1.807) is 24.3 Å². The van der Waals surface area contributed by atoms with Gasteiger partial charge >= 0.3 is 0 Å². The van der Waals surface area contributed by atoms with Crippen molar-refractivity contribution in [3.63, 3.8) is 0 Å². The molecule has 0 bridgehead atoms. The first-order chi connectivity index (χ1) is 20.5. The Hall–Kier alpha value is -3.36. The van der Waals surface area contributed by atoms with Crippen LogP contribution in [0.25, 0.3) is 0 Å². The Labute approximate surface area is 261 Å². The molecule has 1 atom stereocenters. The highest BCUT2D eigenvalue weighted by molar-refractivity contribution is 7.92. The molecular formula is C34H42ClN3O4S. The molecule has 0 aliphatic heterocycles. The van der Waals surface area contributed by atoms with Crippen LogP contribution in [0.1, 0.15) is 68.6 Å². The van der Waals surface area contributed by atoms with Crippen molar-refractivity contribution in [2.45, 2.75) is 76.9 Å². The van der Waals surface area contributed by atoms with Crippen LogP contribution in [0.2, 0.25) is 5.02 Å². The monoisotopic (exact) mass is 623 g/mol. The first kappa shape index (κ1) is 32.6. The smallest absolute Gasteiger partial charge is 0.244 e. The van der Waals surface area contributed by atoms with Crippen LogP contribution in [0.5, 0.6) is 0 Å². The van der Waals surface area contributed by atoms with Crippen molar-refractivity contribution in [3.8, 4) is 0 Å². The Kier molecular flexibility index (Phi) is 11.3. The van der Waals surface area contributed by atoms with Gasteiger partial charge in [-0.25, -0.2) is 8.42 Å². The van der Waals surface area contributed by atoms with Crippen molar-refractivity contribution < 1.29 is 18.0 Å². The molecule has 1 fully saturated rings. The number of amides is 2. The van der Waals surface area contributed by atoms with Crippen molar-refractivity contribution in [3.05, 3.63) is 101 Å². The molecule has 0 heterocycles. The van der Waals surface area contributed by atoms with Gasteiger partial charge in [0.1, 0.15) is 12.6 Å². The maximum atomic E-state index is 14.4. The second-order valence-corrected chi connectivity index (χ2v) is 14.0. The molecule has 3 aromatic rings. The van der Waals surface area contributed by atoms with Gasteiger partial charge in [-0.2, -0.15) is 0 Å². The summed E-state index contributed by atoms with van der Waals surface area (Å²) in [5.74, 6) is -0.655. The third-order valence-electron chi connectivity index (χ3n) is 8.00. The van der Waals surface area contributed by atoms with E-state index < -0.39 is 28.5 Å². The molecule has 1 N–H and O–H groups in total. The fraction of sp³-hybridized carbons (Fsp3) is 0.412. The van der Waals surface area contributed by atoms with Crippen LogP contribution in [0.15, 0.2) is 78.9 Å². The summed E-state index contributed by atoms with van der Waals surface area (Å²) in [7, 11) is -3.84. The molecule has 0 saturated heterocycles. The number of para-hydroxylation sites is 1. The number of halogens is 1. The summed E-state index contributed by atoms with van der Waals surface area (Å²) in [6.07, 6.45) is 6.48. The van der Waals surface area contributed by atoms with Gasteiger partial charge in [0.25, 0.3) is 0 Å². The standard InChI is InChI=1S/C34H42ClN3O4S/c1-25(2)30-16-10-11-17-31(30)38(43(3,41)42)24-33(39)37(23-27-18-20-28(35)21-19-27)32(22-26-12-6-4-7-13-26)34(40)36-29-14-8-5-9-15-29/h4,6-7,10-13,16-21,25,29,32H,5,8-9,14-15,22-24H2,1-3H3,(H,36,40)/t32-/m0/s1. The van der Waals surface area contributed by atoms with E-state index in [2.05, 4.69) is 5.32 Å². The lowest BCUT2D eigenvalue weighted by atomic mass is 9.94. The second-order valence-electron chi connectivity index (χ2n) is 11.7. The van der Waals surface area contributed by atoms with E-state index in [-0.39, 0.29) is 24.4 Å². The number of nitrogens with zero attached hydrogens (tertiary/aromatic N) is 2. The van der Waals surface area contributed by atoms with Crippen molar-refractivity contribution in [2.24, 2.45) is 0 Å². The van der Waals surface area contributed by atoms with Gasteiger partial charge < -0.3 is 10.2 Å². The predicted octanol–water partition coefficient (Wildman–Crippen LogP) is 6.32. The molecule has 1 saturated carbocycles. The van der Waals surface area contributed by atoms with Crippen molar-refractivity contribution >= 4 is 39.1 Å². The number of rotatable bonds is 12. The molecule has 0 aromatic heterocycles. The molecule has 0 spiro atoms. The maximum absolute atomic E-state index is 14.4. The summed E-state index contributed by atoms with van der Waals surface area (Å²) in [5, 5.41) is 3.78.